The summed E-state index contributed by atoms with van der Waals surface area (Å²) in [6.07, 6.45) is 0.936. The van der Waals surface area contributed by atoms with E-state index in [0.717, 1.165) is 17.9 Å². The van der Waals surface area contributed by atoms with Crippen molar-refractivity contribution in [3.05, 3.63) is 60.2 Å². The largest absolute Gasteiger partial charge is 0.488 e. The summed E-state index contributed by atoms with van der Waals surface area (Å²) in [5, 5.41) is 3.13. The molecule has 0 bridgehead atoms. The maximum absolute atomic E-state index is 5.85. The lowest BCUT2D eigenvalue weighted by atomic mass is 10.1. The molecule has 0 radical (unpaired) electrons. The van der Waals surface area contributed by atoms with Crippen molar-refractivity contribution in [2.24, 2.45) is 10.8 Å². The van der Waals surface area contributed by atoms with Crippen molar-refractivity contribution in [2.75, 3.05) is 11.9 Å². The van der Waals surface area contributed by atoms with Gasteiger partial charge in [0.15, 0.2) is 0 Å². The SMILES string of the molecule is NNC(=NCC1Cc2ccccc2O1)Nc1ccccc1. The molecule has 0 aliphatic carbocycles. The molecular weight excluding hydrogens is 264 g/mol. The van der Waals surface area contributed by atoms with Crippen LogP contribution in [-0.4, -0.2) is 18.6 Å². The number of hydrazine groups is 1. The molecule has 4 N–H and O–H groups in total. The Morgan fingerprint density at radius 2 is 1.90 bits per heavy atom. The third-order valence-electron chi connectivity index (χ3n) is 3.34. The molecule has 1 unspecified atom stereocenters. The molecule has 21 heavy (non-hydrogen) atoms. The second-order valence-corrected chi connectivity index (χ2v) is 4.88. The van der Waals surface area contributed by atoms with Crippen LogP contribution in [0.25, 0.3) is 0 Å². The lowest BCUT2D eigenvalue weighted by Gasteiger charge is -2.11. The van der Waals surface area contributed by atoms with Crippen LogP contribution in [0, 0.1) is 0 Å². The topological polar surface area (TPSA) is 71.7 Å². The van der Waals surface area contributed by atoms with Crippen molar-refractivity contribution in [1.29, 1.82) is 0 Å². The van der Waals surface area contributed by atoms with Gasteiger partial charge in [0.25, 0.3) is 0 Å². The number of guanidine groups is 1. The molecule has 3 rings (SSSR count). The number of nitrogens with zero attached hydrogens (tertiary/aromatic N) is 1. The summed E-state index contributed by atoms with van der Waals surface area (Å²) in [7, 11) is 0. The van der Waals surface area contributed by atoms with Gasteiger partial charge in [0.2, 0.25) is 5.96 Å². The van der Waals surface area contributed by atoms with Crippen molar-refractivity contribution in [2.45, 2.75) is 12.5 Å². The molecule has 1 aliphatic heterocycles. The van der Waals surface area contributed by atoms with E-state index < -0.39 is 0 Å². The van der Waals surface area contributed by atoms with Crippen LogP contribution < -0.4 is 21.3 Å². The molecule has 5 nitrogen and oxygen atoms in total. The van der Waals surface area contributed by atoms with E-state index in [1.165, 1.54) is 5.56 Å². The number of aliphatic imine (C=N–C) groups is 1. The molecule has 0 amide bonds. The van der Waals surface area contributed by atoms with Crippen LogP contribution in [0.15, 0.2) is 59.6 Å². The molecule has 2 aromatic rings. The van der Waals surface area contributed by atoms with E-state index in [4.69, 9.17) is 10.6 Å². The third kappa shape index (κ3) is 3.32. The third-order valence-corrected chi connectivity index (χ3v) is 3.34. The van der Waals surface area contributed by atoms with Gasteiger partial charge < -0.3 is 10.1 Å². The zero-order valence-electron chi connectivity index (χ0n) is 11.6. The second kappa shape index (κ2) is 6.28. The van der Waals surface area contributed by atoms with E-state index in [-0.39, 0.29) is 6.10 Å². The Bertz CT molecular complexity index is 602. The van der Waals surface area contributed by atoms with Gasteiger partial charge in [0.1, 0.15) is 11.9 Å². The second-order valence-electron chi connectivity index (χ2n) is 4.88. The van der Waals surface area contributed by atoms with Gasteiger partial charge in [-0.25, -0.2) is 10.8 Å². The zero-order valence-corrected chi connectivity index (χ0v) is 11.6. The summed E-state index contributed by atoms with van der Waals surface area (Å²) in [4.78, 5) is 4.45. The molecule has 5 heteroatoms. The fourth-order valence-electron chi connectivity index (χ4n) is 2.33. The maximum atomic E-state index is 5.85. The molecule has 108 valence electrons. The number of benzene rings is 2. The molecule has 2 aromatic carbocycles. The normalized spacial score (nSPS) is 17.0. The van der Waals surface area contributed by atoms with Crippen molar-refractivity contribution >= 4 is 11.6 Å². The maximum Gasteiger partial charge on any atom is 0.210 e. The van der Waals surface area contributed by atoms with Gasteiger partial charge in [-0.05, 0) is 23.8 Å². The van der Waals surface area contributed by atoms with Crippen molar-refractivity contribution in [1.82, 2.24) is 5.43 Å². The van der Waals surface area contributed by atoms with Crippen LogP contribution in [0.3, 0.4) is 0 Å². The number of fused-ring (bicyclic) bond motifs is 1. The zero-order chi connectivity index (χ0) is 14.5. The minimum Gasteiger partial charge on any atom is -0.488 e. The van der Waals surface area contributed by atoms with E-state index >= 15 is 0 Å². The molecule has 0 aromatic heterocycles. The highest BCUT2D eigenvalue weighted by Gasteiger charge is 2.21. The van der Waals surface area contributed by atoms with Crippen LogP contribution >= 0.6 is 0 Å². The molecular formula is C16H18N4O. The van der Waals surface area contributed by atoms with E-state index in [1.807, 2.05) is 48.5 Å². The predicted octanol–water partition coefficient (Wildman–Crippen LogP) is 1.92. The highest BCUT2D eigenvalue weighted by molar-refractivity contribution is 5.93. The number of hydrogen-bond acceptors (Lipinski definition) is 3. The monoisotopic (exact) mass is 282 g/mol. The van der Waals surface area contributed by atoms with Gasteiger partial charge in [-0.1, -0.05) is 36.4 Å². The first-order valence-electron chi connectivity index (χ1n) is 6.93. The van der Waals surface area contributed by atoms with Crippen LogP contribution in [0.4, 0.5) is 5.69 Å². The average Bonchev–Trinajstić information content (AvgIpc) is 2.95. The number of nitrogens with two attached hydrogens (primary N) is 1. The minimum absolute atomic E-state index is 0.0586. The number of anilines is 1. The molecule has 1 atom stereocenters. The molecule has 0 saturated carbocycles. The van der Waals surface area contributed by atoms with Crippen LogP contribution in [0.2, 0.25) is 0 Å². The molecule has 0 fully saturated rings. The first-order chi connectivity index (χ1) is 10.3. The van der Waals surface area contributed by atoms with E-state index in [2.05, 4.69) is 21.8 Å². The minimum atomic E-state index is 0.0586. The van der Waals surface area contributed by atoms with E-state index in [9.17, 15) is 0 Å². The van der Waals surface area contributed by atoms with Crippen molar-refractivity contribution in [3.8, 4) is 5.75 Å². The Morgan fingerprint density at radius 1 is 1.14 bits per heavy atom. The summed E-state index contributed by atoms with van der Waals surface area (Å²) < 4.78 is 5.85. The predicted molar refractivity (Wildman–Crippen MR) is 84.3 cm³/mol. The van der Waals surface area contributed by atoms with Crippen LogP contribution in [0.5, 0.6) is 5.75 Å². The molecule has 0 spiro atoms. The summed E-state index contributed by atoms with van der Waals surface area (Å²) in [6, 6.07) is 17.9. The summed E-state index contributed by atoms with van der Waals surface area (Å²) in [5.74, 6) is 6.99. The van der Waals surface area contributed by atoms with Gasteiger partial charge in [0, 0.05) is 12.1 Å². The Hall–Kier alpha value is -2.53. The number of ether oxygens (including phenoxy) is 1. The summed E-state index contributed by atoms with van der Waals surface area (Å²) in [6.45, 7) is 0.550. The Labute approximate surface area is 123 Å². The lowest BCUT2D eigenvalue weighted by molar-refractivity contribution is 0.242. The first-order valence-corrected chi connectivity index (χ1v) is 6.93. The fourth-order valence-corrected chi connectivity index (χ4v) is 2.33. The van der Waals surface area contributed by atoms with Crippen LogP contribution in [0.1, 0.15) is 5.56 Å². The molecule has 1 heterocycles. The van der Waals surface area contributed by atoms with Crippen molar-refractivity contribution in [3.63, 3.8) is 0 Å². The number of nitrogens with one attached hydrogen (secondary N) is 2. The first kappa shape index (κ1) is 13.5. The standard InChI is InChI=1S/C16H18N4O/c17-20-16(19-13-7-2-1-3-8-13)18-11-14-10-12-6-4-5-9-15(12)21-14/h1-9,14H,10-11,17H2,(H2,18,19,20). The number of hydrogen-bond donors (Lipinski definition) is 3. The Morgan fingerprint density at radius 3 is 2.67 bits per heavy atom. The van der Waals surface area contributed by atoms with Crippen molar-refractivity contribution < 1.29 is 4.74 Å². The van der Waals surface area contributed by atoms with Gasteiger partial charge in [-0.3, -0.25) is 5.43 Å². The Balaban J connectivity index is 1.60. The average molecular weight is 282 g/mol. The smallest absolute Gasteiger partial charge is 0.210 e. The number of rotatable bonds is 3. The fraction of sp³-hybridized carbons (Fsp3) is 0.188. The quantitative estimate of drug-likeness (QED) is 0.348. The number of para-hydroxylation sites is 2. The van der Waals surface area contributed by atoms with Gasteiger partial charge in [-0.15, -0.1) is 0 Å². The van der Waals surface area contributed by atoms with E-state index in [0.29, 0.717) is 12.5 Å². The van der Waals surface area contributed by atoms with E-state index in [1.54, 1.807) is 0 Å². The lowest BCUT2D eigenvalue weighted by Crippen LogP contribution is -2.37. The summed E-state index contributed by atoms with van der Waals surface area (Å²) >= 11 is 0. The highest BCUT2D eigenvalue weighted by Crippen LogP contribution is 2.28. The van der Waals surface area contributed by atoms with Gasteiger partial charge in [-0.2, -0.15) is 0 Å². The van der Waals surface area contributed by atoms with Crippen LogP contribution in [-0.2, 0) is 6.42 Å². The summed E-state index contributed by atoms with van der Waals surface area (Å²) in [5.41, 5.74) is 4.75. The van der Waals surface area contributed by atoms with Gasteiger partial charge >= 0.3 is 0 Å². The Kier molecular flexibility index (Phi) is 4.02. The molecule has 1 aliphatic rings. The highest BCUT2D eigenvalue weighted by atomic mass is 16.5. The molecule has 0 saturated heterocycles. The van der Waals surface area contributed by atoms with Gasteiger partial charge in [0.05, 0.1) is 6.54 Å².